The molecule has 0 radical (unpaired) electrons. The minimum Gasteiger partial charge on any atom is -0.356 e. The van der Waals surface area contributed by atoms with Crippen LogP contribution in [0.15, 0.2) is 53.5 Å². The number of hydrogen-bond donors (Lipinski definition) is 0. The van der Waals surface area contributed by atoms with Crippen molar-refractivity contribution in [3.8, 4) is 6.07 Å². The molecule has 0 N–H and O–H groups in total. The molecule has 1 heterocycles. The predicted molar refractivity (Wildman–Crippen MR) is 89.1 cm³/mol. The molecule has 2 aromatic rings. The molecule has 1 saturated heterocycles. The van der Waals surface area contributed by atoms with Gasteiger partial charge < -0.3 is 4.90 Å². The van der Waals surface area contributed by atoms with Gasteiger partial charge in [-0.05, 0) is 36.6 Å². The summed E-state index contributed by atoms with van der Waals surface area (Å²) in [6.45, 7) is 3.91. The van der Waals surface area contributed by atoms with Crippen LogP contribution in [0.25, 0.3) is 0 Å². The van der Waals surface area contributed by atoms with Crippen molar-refractivity contribution < 1.29 is 0 Å². The van der Waals surface area contributed by atoms with E-state index in [1.807, 2.05) is 31.2 Å². The molecule has 0 atom stereocenters. The summed E-state index contributed by atoms with van der Waals surface area (Å²) in [5, 5.41) is 9.29. The van der Waals surface area contributed by atoms with Crippen molar-refractivity contribution in [1.29, 1.82) is 5.26 Å². The molecule has 1 aliphatic heterocycles. The van der Waals surface area contributed by atoms with E-state index in [9.17, 15) is 5.26 Å². The second-order valence-electron chi connectivity index (χ2n) is 5.67. The average Bonchev–Trinajstić information content (AvgIpc) is 2.97. The number of amidine groups is 1. The van der Waals surface area contributed by atoms with E-state index in [-0.39, 0.29) is 0 Å². The van der Waals surface area contributed by atoms with Gasteiger partial charge in [-0.3, -0.25) is 0 Å². The Balaban J connectivity index is 1.85. The number of aryl methyl sites for hydroxylation is 1. The molecule has 0 amide bonds. The van der Waals surface area contributed by atoms with Crippen LogP contribution in [0, 0.1) is 18.3 Å². The van der Waals surface area contributed by atoms with Gasteiger partial charge in [-0.25, -0.2) is 4.99 Å². The Kier molecular flexibility index (Phi) is 4.20. The minimum absolute atomic E-state index is 0.652. The first kappa shape index (κ1) is 14.3. The molecule has 0 aromatic heterocycles. The van der Waals surface area contributed by atoms with Gasteiger partial charge >= 0.3 is 0 Å². The summed E-state index contributed by atoms with van der Waals surface area (Å²) in [5.74, 6) is 1.09. The quantitative estimate of drug-likeness (QED) is 0.849. The SMILES string of the molecule is Cc1ccc(N=C2CCCN2Cc2ccccc2)c(C#N)c1. The summed E-state index contributed by atoms with van der Waals surface area (Å²) in [7, 11) is 0. The third-order valence-electron chi connectivity index (χ3n) is 3.93. The Morgan fingerprint density at radius 2 is 2.00 bits per heavy atom. The zero-order valence-electron chi connectivity index (χ0n) is 12.8. The van der Waals surface area contributed by atoms with Crippen molar-refractivity contribution in [1.82, 2.24) is 4.90 Å². The van der Waals surface area contributed by atoms with Crippen LogP contribution < -0.4 is 0 Å². The topological polar surface area (TPSA) is 39.4 Å². The fraction of sp³-hybridized carbons (Fsp3) is 0.263. The van der Waals surface area contributed by atoms with Crippen molar-refractivity contribution in [2.75, 3.05) is 6.54 Å². The summed E-state index contributed by atoms with van der Waals surface area (Å²) in [6.07, 6.45) is 2.10. The molecule has 3 rings (SSSR count). The first-order valence-corrected chi connectivity index (χ1v) is 7.63. The van der Waals surface area contributed by atoms with E-state index in [4.69, 9.17) is 4.99 Å². The Labute approximate surface area is 131 Å². The molecule has 110 valence electrons. The number of aliphatic imine (C=N–C) groups is 1. The third-order valence-corrected chi connectivity index (χ3v) is 3.93. The molecule has 0 spiro atoms. The number of likely N-dealkylation sites (tertiary alicyclic amines) is 1. The molecule has 0 saturated carbocycles. The van der Waals surface area contributed by atoms with Crippen LogP contribution in [0.5, 0.6) is 0 Å². The number of rotatable bonds is 3. The normalized spacial score (nSPS) is 16.0. The maximum absolute atomic E-state index is 9.29. The Bertz CT molecular complexity index is 726. The van der Waals surface area contributed by atoms with E-state index in [1.54, 1.807) is 0 Å². The van der Waals surface area contributed by atoms with Crippen molar-refractivity contribution >= 4 is 11.5 Å². The van der Waals surface area contributed by atoms with Gasteiger partial charge in [-0.2, -0.15) is 5.26 Å². The lowest BCUT2D eigenvalue weighted by Crippen LogP contribution is -2.24. The standard InChI is InChI=1S/C19H19N3/c1-15-9-10-18(17(12-15)13-20)21-19-8-5-11-22(19)14-16-6-3-2-4-7-16/h2-4,6-7,9-10,12H,5,8,11,14H2,1H3. The molecule has 1 fully saturated rings. The maximum Gasteiger partial charge on any atom is 0.105 e. The lowest BCUT2D eigenvalue weighted by atomic mass is 10.1. The van der Waals surface area contributed by atoms with Gasteiger partial charge in [0.25, 0.3) is 0 Å². The fourth-order valence-electron chi connectivity index (χ4n) is 2.79. The van der Waals surface area contributed by atoms with E-state index in [0.717, 1.165) is 43.0 Å². The smallest absolute Gasteiger partial charge is 0.105 e. The van der Waals surface area contributed by atoms with E-state index >= 15 is 0 Å². The zero-order chi connectivity index (χ0) is 15.4. The Morgan fingerprint density at radius 1 is 1.18 bits per heavy atom. The van der Waals surface area contributed by atoms with E-state index in [1.165, 1.54) is 5.56 Å². The highest BCUT2D eigenvalue weighted by Crippen LogP contribution is 2.24. The van der Waals surface area contributed by atoms with Crippen molar-refractivity contribution in [3.63, 3.8) is 0 Å². The van der Waals surface area contributed by atoms with Gasteiger partial charge in [0.1, 0.15) is 11.9 Å². The number of benzene rings is 2. The second-order valence-corrected chi connectivity index (χ2v) is 5.67. The Hall–Kier alpha value is -2.60. The van der Waals surface area contributed by atoms with E-state index < -0.39 is 0 Å². The molecule has 0 bridgehead atoms. The maximum atomic E-state index is 9.29. The largest absolute Gasteiger partial charge is 0.356 e. The van der Waals surface area contributed by atoms with Crippen LogP contribution in [0.4, 0.5) is 5.69 Å². The van der Waals surface area contributed by atoms with Gasteiger partial charge in [0.15, 0.2) is 0 Å². The van der Waals surface area contributed by atoms with Crippen LogP contribution in [-0.2, 0) is 6.54 Å². The molecule has 2 aromatic carbocycles. The average molecular weight is 289 g/mol. The molecule has 1 aliphatic rings. The van der Waals surface area contributed by atoms with Crippen molar-refractivity contribution in [2.45, 2.75) is 26.3 Å². The zero-order valence-corrected chi connectivity index (χ0v) is 12.8. The predicted octanol–water partition coefficient (Wildman–Crippen LogP) is 4.19. The van der Waals surface area contributed by atoms with Gasteiger partial charge in [-0.15, -0.1) is 0 Å². The van der Waals surface area contributed by atoms with Crippen LogP contribution >= 0.6 is 0 Å². The summed E-state index contributed by atoms with van der Waals surface area (Å²) >= 11 is 0. The highest BCUT2D eigenvalue weighted by Gasteiger charge is 2.19. The van der Waals surface area contributed by atoms with E-state index in [0.29, 0.717) is 5.56 Å². The molecular formula is C19H19N3. The highest BCUT2D eigenvalue weighted by molar-refractivity contribution is 5.87. The molecular weight excluding hydrogens is 270 g/mol. The number of hydrogen-bond acceptors (Lipinski definition) is 2. The summed E-state index contributed by atoms with van der Waals surface area (Å²) in [6, 6.07) is 18.6. The van der Waals surface area contributed by atoms with Crippen LogP contribution in [0.2, 0.25) is 0 Å². The first-order valence-electron chi connectivity index (χ1n) is 7.63. The van der Waals surface area contributed by atoms with Gasteiger partial charge in [0.05, 0.1) is 11.3 Å². The van der Waals surface area contributed by atoms with Crippen molar-refractivity contribution in [2.24, 2.45) is 4.99 Å². The van der Waals surface area contributed by atoms with Crippen LogP contribution in [0.1, 0.15) is 29.5 Å². The number of nitriles is 1. The summed E-state index contributed by atoms with van der Waals surface area (Å²) < 4.78 is 0. The van der Waals surface area contributed by atoms with Crippen molar-refractivity contribution in [3.05, 3.63) is 65.2 Å². The van der Waals surface area contributed by atoms with Crippen LogP contribution in [-0.4, -0.2) is 17.3 Å². The minimum atomic E-state index is 0.652. The monoisotopic (exact) mass is 289 g/mol. The molecule has 22 heavy (non-hydrogen) atoms. The van der Waals surface area contributed by atoms with Gasteiger partial charge in [-0.1, -0.05) is 36.4 Å². The summed E-state index contributed by atoms with van der Waals surface area (Å²) in [4.78, 5) is 7.08. The molecule has 0 unspecified atom stereocenters. The summed E-state index contributed by atoms with van der Waals surface area (Å²) in [5.41, 5.74) is 3.82. The van der Waals surface area contributed by atoms with E-state index in [2.05, 4.69) is 35.2 Å². The molecule has 0 aliphatic carbocycles. The number of nitrogens with zero attached hydrogens (tertiary/aromatic N) is 3. The van der Waals surface area contributed by atoms with Gasteiger partial charge in [0, 0.05) is 19.5 Å². The van der Waals surface area contributed by atoms with Gasteiger partial charge in [0.2, 0.25) is 0 Å². The lowest BCUT2D eigenvalue weighted by molar-refractivity contribution is 0.448. The van der Waals surface area contributed by atoms with Crippen LogP contribution in [0.3, 0.4) is 0 Å². The molecule has 3 nitrogen and oxygen atoms in total. The molecule has 3 heteroatoms. The Morgan fingerprint density at radius 3 is 2.77 bits per heavy atom. The second kappa shape index (κ2) is 6.44. The third kappa shape index (κ3) is 3.17. The lowest BCUT2D eigenvalue weighted by Gasteiger charge is -2.19. The fourth-order valence-corrected chi connectivity index (χ4v) is 2.79. The highest BCUT2D eigenvalue weighted by atomic mass is 15.2. The first-order chi connectivity index (χ1) is 10.8.